The third kappa shape index (κ3) is 5.73. The van der Waals surface area contributed by atoms with Crippen LogP contribution >= 0.6 is 0 Å². The van der Waals surface area contributed by atoms with E-state index in [1.807, 2.05) is 6.92 Å². The highest BCUT2D eigenvalue weighted by Gasteiger charge is 2.30. The second-order valence-corrected chi connectivity index (χ2v) is 8.84. The monoisotopic (exact) mass is 516 g/mol. The number of halogens is 4. The minimum atomic E-state index is -1.32. The molecular formula is C29H28F4O4. The summed E-state index contributed by atoms with van der Waals surface area (Å²) < 4.78 is 74.2. The van der Waals surface area contributed by atoms with Crippen molar-refractivity contribution in [1.29, 1.82) is 0 Å². The van der Waals surface area contributed by atoms with Crippen LogP contribution in [0.5, 0.6) is 11.5 Å². The summed E-state index contributed by atoms with van der Waals surface area (Å²) in [5.74, 6) is -5.22. The summed E-state index contributed by atoms with van der Waals surface area (Å²) in [7, 11) is 0. The van der Waals surface area contributed by atoms with Gasteiger partial charge in [0.2, 0.25) is 5.82 Å². The van der Waals surface area contributed by atoms with E-state index >= 15 is 4.39 Å². The Kier molecular flexibility index (Phi) is 8.36. The molecule has 0 spiro atoms. The summed E-state index contributed by atoms with van der Waals surface area (Å²) in [6.45, 7) is 4.15. The molecule has 0 heterocycles. The molecule has 1 aliphatic carbocycles. The highest BCUT2D eigenvalue weighted by Crippen LogP contribution is 2.38. The van der Waals surface area contributed by atoms with Crippen LogP contribution in [0.25, 0.3) is 11.1 Å². The molecule has 0 amide bonds. The molecule has 37 heavy (non-hydrogen) atoms. The molecule has 0 unspecified atom stereocenters. The average Bonchev–Trinajstić information content (AvgIpc) is 2.90. The fourth-order valence-electron chi connectivity index (χ4n) is 4.66. The minimum Gasteiger partial charge on any atom is -0.494 e. The maximum Gasteiger partial charge on any atom is 0.341 e. The van der Waals surface area contributed by atoms with Crippen molar-refractivity contribution in [1.82, 2.24) is 0 Å². The third-order valence-electron chi connectivity index (χ3n) is 6.54. The number of rotatable bonds is 8. The third-order valence-corrected chi connectivity index (χ3v) is 6.54. The van der Waals surface area contributed by atoms with Crippen LogP contribution in [-0.4, -0.2) is 25.3 Å². The molecule has 4 nitrogen and oxygen atoms in total. The molecule has 0 aliphatic heterocycles. The summed E-state index contributed by atoms with van der Waals surface area (Å²) in [6.07, 6.45) is 1.15. The molecule has 0 saturated heterocycles. The molecule has 4 rings (SSSR count). The van der Waals surface area contributed by atoms with Gasteiger partial charge in [-0.2, -0.15) is 4.39 Å². The zero-order chi connectivity index (χ0) is 26.5. The lowest BCUT2D eigenvalue weighted by Gasteiger charge is -2.29. The van der Waals surface area contributed by atoms with Crippen molar-refractivity contribution in [2.75, 3.05) is 13.2 Å². The van der Waals surface area contributed by atoms with Gasteiger partial charge in [-0.25, -0.2) is 18.0 Å². The summed E-state index contributed by atoms with van der Waals surface area (Å²) in [4.78, 5) is 12.4. The molecule has 3 aromatic carbocycles. The van der Waals surface area contributed by atoms with E-state index in [0.717, 1.165) is 6.07 Å². The molecule has 0 bridgehead atoms. The number of carbonyl (C=O) groups is 1. The number of hydrogen-bond donors (Lipinski definition) is 0. The van der Waals surface area contributed by atoms with Gasteiger partial charge >= 0.3 is 5.97 Å². The first-order valence-electron chi connectivity index (χ1n) is 12.4. The van der Waals surface area contributed by atoms with Crippen LogP contribution in [0.2, 0.25) is 0 Å². The Hall–Kier alpha value is -3.55. The molecule has 0 aromatic heterocycles. The molecule has 0 atom stereocenters. The molecule has 1 aliphatic rings. The maximum atomic E-state index is 15.1. The van der Waals surface area contributed by atoms with Gasteiger partial charge in [0.1, 0.15) is 11.9 Å². The Bertz CT molecular complexity index is 1250. The van der Waals surface area contributed by atoms with Gasteiger partial charge in [-0.1, -0.05) is 24.3 Å². The minimum absolute atomic E-state index is 0.151. The van der Waals surface area contributed by atoms with Crippen molar-refractivity contribution in [3.8, 4) is 22.6 Å². The normalized spacial score (nSPS) is 17.4. The molecule has 0 radical (unpaired) electrons. The SMILES string of the molecule is CCOc1ccc(-c2ccc(C3CCC(OC(=O)c4ccc(OCC)c(F)c4F)CC3)c(F)c2F)cc1. The summed E-state index contributed by atoms with van der Waals surface area (Å²) in [5.41, 5.74) is 0.467. The van der Waals surface area contributed by atoms with Crippen LogP contribution in [-0.2, 0) is 4.74 Å². The van der Waals surface area contributed by atoms with E-state index in [0.29, 0.717) is 43.6 Å². The number of hydrogen-bond acceptors (Lipinski definition) is 4. The summed E-state index contributed by atoms with van der Waals surface area (Å²) in [5, 5.41) is 0. The molecule has 1 saturated carbocycles. The first-order valence-corrected chi connectivity index (χ1v) is 12.4. The Morgan fingerprint density at radius 3 is 2.08 bits per heavy atom. The number of carbonyl (C=O) groups excluding carboxylic acids is 1. The van der Waals surface area contributed by atoms with Crippen LogP contribution in [0.3, 0.4) is 0 Å². The Balaban J connectivity index is 1.40. The van der Waals surface area contributed by atoms with E-state index in [-0.39, 0.29) is 29.4 Å². The molecular weight excluding hydrogens is 488 g/mol. The number of benzene rings is 3. The Morgan fingerprint density at radius 1 is 0.757 bits per heavy atom. The van der Waals surface area contributed by atoms with E-state index in [9.17, 15) is 18.0 Å². The lowest BCUT2D eigenvalue weighted by atomic mass is 9.82. The average molecular weight is 517 g/mol. The maximum absolute atomic E-state index is 15.1. The zero-order valence-corrected chi connectivity index (χ0v) is 20.7. The Morgan fingerprint density at radius 2 is 1.43 bits per heavy atom. The standard InChI is InChI=1S/C29H28F4O4/c1-3-35-19-9-5-17(6-10-19)21-13-14-22(26(31)25(21)30)18-7-11-20(12-8-18)37-29(34)23-15-16-24(36-4-2)28(33)27(23)32/h5-6,9-10,13-16,18,20H,3-4,7-8,11-12H2,1-2H3. The van der Waals surface area contributed by atoms with Crippen LogP contribution in [0.4, 0.5) is 17.6 Å². The fourth-order valence-corrected chi connectivity index (χ4v) is 4.66. The van der Waals surface area contributed by atoms with Crippen LogP contribution < -0.4 is 9.47 Å². The van der Waals surface area contributed by atoms with Gasteiger partial charge in [0.05, 0.1) is 18.8 Å². The highest BCUT2D eigenvalue weighted by molar-refractivity contribution is 5.90. The quantitative estimate of drug-likeness (QED) is 0.229. The van der Waals surface area contributed by atoms with Crippen LogP contribution in [0.15, 0.2) is 48.5 Å². The highest BCUT2D eigenvalue weighted by atomic mass is 19.2. The topological polar surface area (TPSA) is 44.8 Å². The second kappa shape index (κ2) is 11.7. The van der Waals surface area contributed by atoms with Crippen molar-refractivity contribution >= 4 is 5.97 Å². The molecule has 1 fully saturated rings. The van der Waals surface area contributed by atoms with E-state index in [2.05, 4.69) is 0 Å². The molecule has 8 heteroatoms. The van der Waals surface area contributed by atoms with E-state index < -0.39 is 40.9 Å². The first kappa shape index (κ1) is 26.5. The molecule has 196 valence electrons. The predicted octanol–water partition coefficient (Wildman–Crippen LogP) is 7.59. The van der Waals surface area contributed by atoms with E-state index in [1.54, 1.807) is 43.3 Å². The van der Waals surface area contributed by atoms with Gasteiger partial charge in [0, 0.05) is 5.56 Å². The van der Waals surface area contributed by atoms with Crippen molar-refractivity contribution in [3.05, 3.63) is 82.9 Å². The number of ether oxygens (including phenoxy) is 3. The first-order chi connectivity index (χ1) is 17.8. The van der Waals surface area contributed by atoms with Gasteiger partial charge in [0.15, 0.2) is 23.2 Å². The zero-order valence-electron chi connectivity index (χ0n) is 20.7. The smallest absolute Gasteiger partial charge is 0.341 e. The summed E-state index contributed by atoms with van der Waals surface area (Å²) in [6, 6.07) is 12.3. The van der Waals surface area contributed by atoms with Gasteiger partial charge in [-0.05, 0) is 80.8 Å². The fraction of sp³-hybridized carbons (Fsp3) is 0.345. The predicted molar refractivity (Wildman–Crippen MR) is 131 cm³/mol. The van der Waals surface area contributed by atoms with Crippen molar-refractivity contribution in [2.24, 2.45) is 0 Å². The Labute approximate surface area is 213 Å². The largest absolute Gasteiger partial charge is 0.494 e. The number of esters is 1. The van der Waals surface area contributed by atoms with Gasteiger partial charge in [0.25, 0.3) is 0 Å². The van der Waals surface area contributed by atoms with Crippen molar-refractivity contribution in [3.63, 3.8) is 0 Å². The lowest BCUT2D eigenvalue weighted by molar-refractivity contribution is 0.0188. The van der Waals surface area contributed by atoms with E-state index in [4.69, 9.17) is 14.2 Å². The molecule has 3 aromatic rings. The lowest BCUT2D eigenvalue weighted by Crippen LogP contribution is -2.25. The second-order valence-electron chi connectivity index (χ2n) is 8.84. The van der Waals surface area contributed by atoms with Crippen molar-refractivity contribution in [2.45, 2.75) is 51.6 Å². The van der Waals surface area contributed by atoms with Crippen molar-refractivity contribution < 1.29 is 36.6 Å². The van der Waals surface area contributed by atoms with Gasteiger partial charge in [-0.3, -0.25) is 0 Å². The van der Waals surface area contributed by atoms with E-state index in [1.165, 1.54) is 6.07 Å². The van der Waals surface area contributed by atoms with Gasteiger partial charge < -0.3 is 14.2 Å². The van der Waals surface area contributed by atoms with Crippen LogP contribution in [0, 0.1) is 23.3 Å². The molecule has 0 N–H and O–H groups in total. The van der Waals surface area contributed by atoms with Gasteiger partial charge in [-0.15, -0.1) is 0 Å². The van der Waals surface area contributed by atoms with Crippen LogP contribution in [0.1, 0.15) is 61.4 Å². The summed E-state index contributed by atoms with van der Waals surface area (Å²) >= 11 is 0.